The van der Waals surface area contributed by atoms with Crippen LogP contribution in [0.25, 0.3) is 5.69 Å². The molecule has 1 aliphatic heterocycles. The quantitative estimate of drug-likeness (QED) is 0.801. The minimum atomic E-state index is 0.101. The van der Waals surface area contributed by atoms with Gasteiger partial charge >= 0.3 is 0 Å². The maximum atomic E-state index is 12.5. The van der Waals surface area contributed by atoms with Gasteiger partial charge in [-0.25, -0.2) is 9.67 Å². The van der Waals surface area contributed by atoms with Crippen LogP contribution >= 0.6 is 0 Å². The van der Waals surface area contributed by atoms with E-state index in [4.69, 9.17) is 0 Å². The predicted octanol–water partition coefficient (Wildman–Crippen LogP) is 1.72. The van der Waals surface area contributed by atoms with Crippen molar-refractivity contribution in [3.05, 3.63) is 66.0 Å². The van der Waals surface area contributed by atoms with Gasteiger partial charge in [0.2, 0.25) is 5.91 Å². The number of para-hydroxylation sites is 1. The summed E-state index contributed by atoms with van der Waals surface area (Å²) in [7, 11) is 0. The summed E-state index contributed by atoms with van der Waals surface area (Å²) in [5.41, 5.74) is 3.89. The number of amides is 1. The maximum absolute atomic E-state index is 12.5. The topological polar surface area (TPSA) is 66.8 Å². The van der Waals surface area contributed by atoms with Crippen molar-refractivity contribution in [2.45, 2.75) is 19.4 Å². The molecule has 116 valence electrons. The summed E-state index contributed by atoms with van der Waals surface area (Å²) in [6, 6.07) is 11.8. The Bertz CT molecular complexity index is 820. The van der Waals surface area contributed by atoms with Crippen LogP contribution in [0.1, 0.15) is 17.1 Å². The van der Waals surface area contributed by atoms with E-state index in [0.717, 1.165) is 35.7 Å². The number of hydrogen-bond donors (Lipinski definition) is 1. The van der Waals surface area contributed by atoms with Crippen LogP contribution in [0.3, 0.4) is 0 Å². The van der Waals surface area contributed by atoms with Crippen LogP contribution in [0.5, 0.6) is 0 Å². The van der Waals surface area contributed by atoms with Gasteiger partial charge in [0.25, 0.3) is 0 Å². The van der Waals surface area contributed by atoms with Crippen molar-refractivity contribution in [3.8, 4) is 5.69 Å². The molecule has 0 atom stereocenters. The molecule has 2 aromatic heterocycles. The Morgan fingerprint density at radius 1 is 1.22 bits per heavy atom. The van der Waals surface area contributed by atoms with Crippen molar-refractivity contribution in [1.29, 1.82) is 0 Å². The zero-order valence-electron chi connectivity index (χ0n) is 12.6. The highest BCUT2D eigenvalue weighted by Gasteiger charge is 2.22. The number of carbonyl (C=O) groups excluding carboxylic acids is 1. The zero-order valence-corrected chi connectivity index (χ0v) is 12.6. The minimum Gasteiger partial charge on any atom is -0.347 e. The maximum Gasteiger partial charge on any atom is 0.229 e. The fourth-order valence-corrected chi connectivity index (χ4v) is 2.87. The Hall–Kier alpha value is -2.89. The second-order valence-electron chi connectivity index (χ2n) is 5.66. The highest BCUT2D eigenvalue weighted by Crippen LogP contribution is 2.16. The first kappa shape index (κ1) is 13.8. The second kappa shape index (κ2) is 5.72. The Morgan fingerprint density at radius 3 is 2.96 bits per heavy atom. The highest BCUT2D eigenvalue weighted by molar-refractivity contribution is 5.78. The third kappa shape index (κ3) is 2.75. The van der Waals surface area contributed by atoms with Gasteiger partial charge in [0.05, 0.1) is 42.1 Å². The van der Waals surface area contributed by atoms with E-state index in [0.29, 0.717) is 13.0 Å². The number of imidazole rings is 1. The van der Waals surface area contributed by atoms with Gasteiger partial charge in [-0.3, -0.25) is 4.79 Å². The summed E-state index contributed by atoms with van der Waals surface area (Å²) in [6.45, 7) is 1.32. The van der Waals surface area contributed by atoms with E-state index in [1.54, 1.807) is 11.0 Å². The third-order valence-corrected chi connectivity index (χ3v) is 4.13. The number of fused-ring (bicyclic) bond motifs is 1. The molecule has 0 fully saturated rings. The molecule has 0 aliphatic carbocycles. The number of H-pyrrole nitrogens is 1. The molecule has 1 aromatic carbocycles. The number of nitrogens with one attached hydrogen (secondary N) is 1. The Morgan fingerprint density at radius 2 is 2.09 bits per heavy atom. The number of benzene rings is 1. The highest BCUT2D eigenvalue weighted by atomic mass is 16.2. The minimum absolute atomic E-state index is 0.101. The molecule has 1 aliphatic rings. The molecule has 0 bridgehead atoms. The summed E-state index contributed by atoms with van der Waals surface area (Å²) in [6.07, 6.45) is 4.72. The summed E-state index contributed by atoms with van der Waals surface area (Å²) in [5, 5.41) is 4.50. The molecule has 4 rings (SSSR count). The molecule has 0 radical (unpaired) electrons. The van der Waals surface area contributed by atoms with Crippen molar-refractivity contribution in [2.75, 3.05) is 6.54 Å². The molecule has 23 heavy (non-hydrogen) atoms. The van der Waals surface area contributed by atoms with Gasteiger partial charge in [-0.2, -0.15) is 5.10 Å². The number of rotatable bonds is 3. The normalized spacial score (nSPS) is 13.8. The van der Waals surface area contributed by atoms with Gasteiger partial charge in [-0.05, 0) is 18.2 Å². The predicted molar refractivity (Wildman–Crippen MR) is 85.0 cm³/mol. The Kier molecular flexibility index (Phi) is 3.42. The Labute approximate surface area is 133 Å². The zero-order chi connectivity index (χ0) is 15.6. The van der Waals surface area contributed by atoms with Crippen LogP contribution in [0.4, 0.5) is 0 Å². The van der Waals surface area contributed by atoms with E-state index in [9.17, 15) is 4.79 Å². The molecule has 1 amide bonds. The van der Waals surface area contributed by atoms with E-state index in [-0.39, 0.29) is 5.91 Å². The van der Waals surface area contributed by atoms with E-state index in [1.807, 2.05) is 47.5 Å². The number of carbonyl (C=O) groups is 1. The van der Waals surface area contributed by atoms with Crippen LogP contribution in [0, 0.1) is 0 Å². The monoisotopic (exact) mass is 307 g/mol. The van der Waals surface area contributed by atoms with Crippen molar-refractivity contribution in [1.82, 2.24) is 24.6 Å². The van der Waals surface area contributed by atoms with Gasteiger partial charge in [0.1, 0.15) is 0 Å². The number of aromatic amines is 1. The largest absolute Gasteiger partial charge is 0.347 e. The van der Waals surface area contributed by atoms with Gasteiger partial charge in [0.15, 0.2) is 0 Å². The summed E-state index contributed by atoms with van der Waals surface area (Å²) < 4.78 is 1.80. The van der Waals surface area contributed by atoms with E-state index in [2.05, 4.69) is 15.1 Å². The van der Waals surface area contributed by atoms with Crippen molar-refractivity contribution in [3.63, 3.8) is 0 Å². The summed E-state index contributed by atoms with van der Waals surface area (Å²) >= 11 is 0. The van der Waals surface area contributed by atoms with E-state index >= 15 is 0 Å². The van der Waals surface area contributed by atoms with E-state index in [1.165, 1.54) is 0 Å². The average Bonchev–Trinajstić information content (AvgIpc) is 3.24. The summed E-state index contributed by atoms with van der Waals surface area (Å²) in [5.74, 6) is 0.101. The summed E-state index contributed by atoms with van der Waals surface area (Å²) in [4.78, 5) is 21.7. The lowest BCUT2D eigenvalue weighted by Crippen LogP contribution is -2.37. The van der Waals surface area contributed by atoms with Crippen LogP contribution in [-0.4, -0.2) is 37.1 Å². The molecule has 6 heteroatoms. The van der Waals surface area contributed by atoms with Crippen LogP contribution in [0.15, 0.2) is 48.9 Å². The number of aromatic nitrogens is 4. The standard InChI is InChI=1S/C17H17N5O/c23-17(21-8-7-15-16(11-21)19-12-18-15)10-13-6-9-22(20-13)14-4-2-1-3-5-14/h1-6,9,12H,7-8,10-11H2,(H,18,19). The van der Waals surface area contributed by atoms with Crippen LogP contribution in [-0.2, 0) is 24.2 Å². The lowest BCUT2D eigenvalue weighted by Gasteiger charge is -2.26. The van der Waals surface area contributed by atoms with Gasteiger partial charge in [0, 0.05) is 19.2 Å². The SMILES string of the molecule is O=C(Cc1ccn(-c2ccccc2)n1)N1CCc2nc[nH]c2C1. The molecule has 1 N–H and O–H groups in total. The fourth-order valence-electron chi connectivity index (χ4n) is 2.87. The van der Waals surface area contributed by atoms with Gasteiger partial charge < -0.3 is 9.88 Å². The fraction of sp³-hybridized carbons (Fsp3) is 0.235. The Balaban J connectivity index is 1.45. The molecule has 0 unspecified atom stereocenters. The van der Waals surface area contributed by atoms with Crippen molar-refractivity contribution >= 4 is 5.91 Å². The molecular formula is C17H17N5O. The van der Waals surface area contributed by atoms with Crippen molar-refractivity contribution in [2.24, 2.45) is 0 Å². The molecule has 0 saturated carbocycles. The first-order chi connectivity index (χ1) is 11.3. The molecule has 0 saturated heterocycles. The van der Waals surface area contributed by atoms with Crippen molar-refractivity contribution < 1.29 is 4.79 Å². The lowest BCUT2D eigenvalue weighted by atomic mass is 10.1. The third-order valence-electron chi connectivity index (χ3n) is 4.13. The lowest BCUT2D eigenvalue weighted by molar-refractivity contribution is -0.131. The van der Waals surface area contributed by atoms with Crippen LogP contribution in [0.2, 0.25) is 0 Å². The van der Waals surface area contributed by atoms with Gasteiger partial charge in [-0.15, -0.1) is 0 Å². The first-order valence-corrected chi connectivity index (χ1v) is 7.68. The first-order valence-electron chi connectivity index (χ1n) is 7.68. The molecule has 3 aromatic rings. The molecule has 6 nitrogen and oxygen atoms in total. The smallest absolute Gasteiger partial charge is 0.229 e. The molecular weight excluding hydrogens is 290 g/mol. The number of nitrogens with zero attached hydrogens (tertiary/aromatic N) is 4. The van der Waals surface area contributed by atoms with E-state index < -0.39 is 0 Å². The van der Waals surface area contributed by atoms with Gasteiger partial charge in [-0.1, -0.05) is 18.2 Å². The average molecular weight is 307 g/mol. The second-order valence-corrected chi connectivity index (χ2v) is 5.66. The molecule has 0 spiro atoms. The van der Waals surface area contributed by atoms with Crippen LogP contribution < -0.4 is 0 Å². The number of hydrogen-bond acceptors (Lipinski definition) is 3. The molecule has 3 heterocycles.